The summed E-state index contributed by atoms with van der Waals surface area (Å²) >= 11 is 0. The summed E-state index contributed by atoms with van der Waals surface area (Å²) in [4.78, 5) is 10.9. The first-order valence-electron chi connectivity index (χ1n) is 8.51. The number of rotatable bonds is 6. The van der Waals surface area contributed by atoms with Crippen LogP contribution in [0.2, 0.25) is 0 Å². The average Bonchev–Trinajstić information content (AvgIpc) is 3.05. The molecule has 5 heteroatoms. The zero-order valence-electron chi connectivity index (χ0n) is 14.8. The Morgan fingerprint density at radius 2 is 2.35 bits per heavy atom. The molecule has 0 bridgehead atoms. The second kappa shape index (κ2) is 8.87. The maximum absolute atomic E-state index is 5.46. The van der Waals surface area contributed by atoms with Gasteiger partial charge in [-0.3, -0.25) is 9.98 Å². The van der Waals surface area contributed by atoms with E-state index >= 15 is 0 Å². The molecule has 128 valence electrons. The van der Waals surface area contributed by atoms with E-state index in [9.17, 15) is 0 Å². The van der Waals surface area contributed by atoms with Gasteiger partial charge < -0.3 is 15.0 Å². The summed E-state index contributed by atoms with van der Waals surface area (Å²) in [5.41, 5.74) is 1.28. The maximum Gasteiger partial charge on any atom is 0.193 e. The highest BCUT2D eigenvalue weighted by Gasteiger charge is 2.21. The van der Waals surface area contributed by atoms with Crippen LogP contribution >= 0.6 is 0 Å². The SMILES string of the molecule is CN=C(NCC(c1cccnc1)C(C)C)N(C)CC1CCOC1. The molecule has 0 amide bonds. The van der Waals surface area contributed by atoms with E-state index in [1.54, 1.807) is 0 Å². The molecule has 1 fully saturated rings. The second-order valence-electron chi connectivity index (χ2n) is 6.68. The summed E-state index contributed by atoms with van der Waals surface area (Å²) in [6.45, 7) is 8.11. The fourth-order valence-electron chi connectivity index (χ4n) is 3.12. The lowest BCUT2D eigenvalue weighted by Gasteiger charge is -2.27. The fraction of sp³-hybridized carbons (Fsp3) is 0.667. The summed E-state index contributed by atoms with van der Waals surface area (Å²) in [5.74, 6) is 2.52. The van der Waals surface area contributed by atoms with E-state index in [0.29, 0.717) is 17.8 Å². The lowest BCUT2D eigenvalue weighted by molar-refractivity contribution is 0.181. The Morgan fingerprint density at radius 1 is 1.52 bits per heavy atom. The normalized spacial score (nSPS) is 19.9. The molecule has 1 aliphatic rings. The molecule has 2 atom stereocenters. The second-order valence-corrected chi connectivity index (χ2v) is 6.68. The molecule has 5 nitrogen and oxygen atoms in total. The van der Waals surface area contributed by atoms with Crippen molar-refractivity contribution in [2.75, 3.05) is 40.4 Å². The molecule has 1 saturated heterocycles. The molecule has 0 spiro atoms. The van der Waals surface area contributed by atoms with Gasteiger partial charge in [-0.1, -0.05) is 19.9 Å². The number of hydrogen-bond donors (Lipinski definition) is 1. The van der Waals surface area contributed by atoms with Crippen LogP contribution in [0.5, 0.6) is 0 Å². The van der Waals surface area contributed by atoms with Crippen molar-refractivity contribution < 1.29 is 4.74 Å². The smallest absolute Gasteiger partial charge is 0.193 e. The van der Waals surface area contributed by atoms with Crippen LogP contribution < -0.4 is 5.32 Å². The first-order valence-corrected chi connectivity index (χ1v) is 8.51. The Morgan fingerprint density at radius 3 is 2.91 bits per heavy atom. The number of aliphatic imine (C=N–C) groups is 1. The first-order chi connectivity index (χ1) is 11.1. The standard InChI is InChI=1S/C18H30N4O/c1-14(2)17(16-6-5-8-20-10-16)11-21-18(19-3)22(4)12-15-7-9-23-13-15/h5-6,8,10,14-15,17H,7,9,11-13H2,1-4H3,(H,19,21). The number of hydrogen-bond acceptors (Lipinski definition) is 3. The predicted molar refractivity (Wildman–Crippen MR) is 94.7 cm³/mol. The highest BCUT2D eigenvalue weighted by atomic mass is 16.5. The van der Waals surface area contributed by atoms with Crippen LogP contribution in [-0.4, -0.2) is 56.2 Å². The van der Waals surface area contributed by atoms with Gasteiger partial charge in [-0.15, -0.1) is 0 Å². The van der Waals surface area contributed by atoms with Crippen LogP contribution in [-0.2, 0) is 4.74 Å². The number of ether oxygens (including phenoxy) is 1. The van der Waals surface area contributed by atoms with E-state index in [2.05, 4.69) is 47.2 Å². The van der Waals surface area contributed by atoms with Gasteiger partial charge in [0.25, 0.3) is 0 Å². The van der Waals surface area contributed by atoms with Gasteiger partial charge >= 0.3 is 0 Å². The van der Waals surface area contributed by atoms with Crippen molar-refractivity contribution in [1.29, 1.82) is 0 Å². The van der Waals surface area contributed by atoms with E-state index in [-0.39, 0.29) is 0 Å². The molecular formula is C18H30N4O. The third kappa shape index (κ3) is 5.20. The minimum Gasteiger partial charge on any atom is -0.381 e. The molecule has 1 aromatic rings. The average molecular weight is 318 g/mol. The monoisotopic (exact) mass is 318 g/mol. The van der Waals surface area contributed by atoms with Crippen LogP contribution in [0.15, 0.2) is 29.5 Å². The van der Waals surface area contributed by atoms with Crippen molar-refractivity contribution >= 4 is 5.96 Å². The number of aromatic nitrogens is 1. The van der Waals surface area contributed by atoms with Gasteiger partial charge in [-0.25, -0.2) is 0 Å². The minimum absolute atomic E-state index is 0.420. The zero-order valence-corrected chi connectivity index (χ0v) is 14.8. The topological polar surface area (TPSA) is 49.8 Å². The minimum atomic E-state index is 0.420. The fourth-order valence-corrected chi connectivity index (χ4v) is 3.12. The highest BCUT2D eigenvalue weighted by Crippen LogP contribution is 2.22. The van der Waals surface area contributed by atoms with Crippen LogP contribution in [0.25, 0.3) is 0 Å². The van der Waals surface area contributed by atoms with Crippen molar-refractivity contribution in [1.82, 2.24) is 15.2 Å². The molecule has 0 aromatic carbocycles. The van der Waals surface area contributed by atoms with Crippen LogP contribution in [0.3, 0.4) is 0 Å². The quantitative estimate of drug-likeness (QED) is 0.646. The van der Waals surface area contributed by atoms with Crippen molar-refractivity contribution in [3.8, 4) is 0 Å². The van der Waals surface area contributed by atoms with Gasteiger partial charge in [-0.2, -0.15) is 0 Å². The number of pyridine rings is 1. The van der Waals surface area contributed by atoms with Crippen LogP contribution in [0.4, 0.5) is 0 Å². The largest absolute Gasteiger partial charge is 0.381 e. The molecule has 2 rings (SSSR count). The Balaban J connectivity index is 1.92. The third-order valence-corrected chi connectivity index (χ3v) is 4.53. The van der Waals surface area contributed by atoms with Crippen LogP contribution in [0, 0.1) is 11.8 Å². The molecule has 1 aromatic heterocycles. The Kier molecular flexibility index (Phi) is 6.84. The number of nitrogens with zero attached hydrogens (tertiary/aromatic N) is 3. The lowest BCUT2D eigenvalue weighted by atomic mass is 9.89. The zero-order chi connectivity index (χ0) is 16.7. The predicted octanol–water partition coefficient (Wildman–Crippen LogP) is 2.36. The summed E-state index contributed by atoms with van der Waals surface area (Å²) in [5, 5.41) is 3.53. The molecule has 0 aliphatic carbocycles. The number of guanidine groups is 1. The van der Waals surface area contributed by atoms with Gasteiger partial charge in [0.2, 0.25) is 0 Å². The summed E-state index contributed by atoms with van der Waals surface area (Å²) in [6, 6.07) is 4.16. The van der Waals surface area contributed by atoms with Gasteiger partial charge in [0.1, 0.15) is 0 Å². The lowest BCUT2D eigenvalue weighted by Crippen LogP contribution is -2.43. The Labute approximate surface area is 140 Å². The van der Waals surface area contributed by atoms with Crippen molar-refractivity contribution in [3.05, 3.63) is 30.1 Å². The third-order valence-electron chi connectivity index (χ3n) is 4.53. The van der Waals surface area contributed by atoms with E-state index in [1.165, 1.54) is 5.56 Å². The molecular weight excluding hydrogens is 288 g/mol. The van der Waals surface area contributed by atoms with Gasteiger partial charge in [0, 0.05) is 58.0 Å². The molecule has 1 N–H and O–H groups in total. The molecule has 0 saturated carbocycles. The van der Waals surface area contributed by atoms with E-state index in [4.69, 9.17) is 4.74 Å². The summed E-state index contributed by atoms with van der Waals surface area (Å²) in [7, 11) is 3.94. The van der Waals surface area contributed by atoms with Crippen molar-refractivity contribution in [2.24, 2.45) is 16.8 Å². The van der Waals surface area contributed by atoms with Gasteiger partial charge in [-0.05, 0) is 24.0 Å². The Hall–Kier alpha value is -1.62. The first kappa shape index (κ1) is 17.7. The van der Waals surface area contributed by atoms with Gasteiger partial charge in [0.15, 0.2) is 5.96 Å². The van der Waals surface area contributed by atoms with Gasteiger partial charge in [0.05, 0.1) is 6.61 Å². The number of nitrogens with one attached hydrogen (secondary N) is 1. The molecule has 1 aliphatic heterocycles. The van der Waals surface area contributed by atoms with Crippen molar-refractivity contribution in [3.63, 3.8) is 0 Å². The van der Waals surface area contributed by atoms with Crippen molar-refractivity contribution in [2.45, 2.75) is 26.2 Å². The molecule has 0 radical (unpaired) electrons. The maximum atomic E-state index is 5.46. The van der Waals surface area contributed by atoms with E-state index in [1.807, 2.05) is 25.5 Å². The molecule has 2 heterocycles. The Bertz CT molecular complexity index is 483. The summed E-state index contributed by atoms with van der Waals surface area (Å²) in [6.07, 6.45) is 4.94. The van der Waals surface area contributed by atoms with E-state index < -0.39 is 0 Å². The highest BCUT2D eigenvalue weighted by molar-refractivity contribution is 5.79. The molecule has 2 unspecified atom stereocenters. The van der Waals surface area contributed by atoms with E-state index in [0.717, 1.165) is 38.7 Å². The summed E-state index contributed by atoms with van der Waals surface area (Å²) < 4.78 is 5.46. The molecule has 23 heavy (non-hydrogen) atoms. The van der Waals surface area contributed by atoms with Crippen LogP contribution in [0.1, 0.15) is 31.7 Å².